The predicted molar refractivity (Wildman–Crippen MR) is 78.6 cm³/mol. The summed E-state index contributed by atoms with van der Waals surface area (Å²) < 4.78 is 0. The van der Waals surface area contributed by atoms with Gasteiger partial charge in [-0.3, -0.25) is 0 Å². The highest BCUT2D eigenvalue weighted by molar-refractivity contribution is 4.61. The molecule has 0 aliphatic heterocycles. The lowest BCUT2D eigenvalue weighted by molar-refractivity contribution is 0.277. The molecule has 0 rings (SSSR count). The Kier molecular flexibility index (Phi) is 12.3. The third-order valence-electron chi connectivity index (χ3n) is 3.32. The van der Waals surface area contributed by atoms with Crippen molar-refractivity contribution < 1.29 is 0 Å². The number of rotatable bonds is 12. The highest BCUT2D eigenvalue weighted by Crippen LogP contribution is 2.07. The van der Waals surface area contributed by atoms with E-state index in [-0.39, 0.29) is 0 Å². The summed E-state index contributed by atoms with van der Waals surface area (Å²) in [6.07, 6.45) is 9.86. The normalized spacial score (nSPS) is 13.2. The molecule has 104 valence electrons. The molecule has 0 bridgehead atoms. The Hall–Kier alpha value is -0.0800. The Morgan fingerprint density at radius 2 is 1.59 bits per heavy atom. The van der Waals surface area contributed by atoms with E-state index in [1.807, 2.05) is 7.05 Å². The van der Waals surface area contributed by atoms with Gasteiger partial charge in [0.05, 0.1) is 0 Å². The van der Waals surface area contributed by atoms with Gasteiger partial charge in [0.2, 0.25) is 0 Å². The summed E-state index contributed by atoms with van der Waals surface area (Å²) in [6.45, 7) is 8.21. The van der Waals surface area contributed by atoms with E-state index in [4.69, 9.17) is 0 Å². The largest absolute Gasteiger partial charge is 0.319 e. The van der Waals surface area contributed by atoms with Gasteiger partial charge in [0.25, 0.3) is 0 Å². The zero-order valence-corrected chi connectivity index (χ0v) is 12.6. The van der Waals surface area contributed by atoms with Gasteiger partial charge in [-0.1, -0.05) is 52.4 Å². The first-order valence-corrected chi connectivity index (χ1v) is 7.53. The third kappa shape index (κ3) is 12.2. The first-order chi connectivity index (χ1) is 8.20. The highest BCUT2D eigenvalue weighted by atomic mass is 15.1. The van der Waals surface area contributed by atoms with Gasteiger partial charge in [-0.2, -0.15) is 0 Å². The van der Waals surface area contributed by atoms with Crippen LogP contribution in [0.3, 0.4) is 0 Å². The Labute approximate surface area is 109 Å². The molecule has 0 heterocycles. The van der Waals surface area contributed by atoms with Crippen LogP contribution < -0.4 is 5.32 Å². The molecule has 0 saturated heterocycles. The van der Waals surface area contributed by atoms with Crippen molar-refractivity contribution in [2.24, 2.45) is 5.92 Å². The van der Waals surface area contributed by atoms with Crippen molar-refractivity contribution in [3.63, 3.8) is 0 Å². The quantitative estimate of drug-likeness (QED) is 0.527. The molecule has 1 atom stereocenters. The molecule has 1 N–H and O–H groups in total. The molecule has 0 radical (unpaired) electrons. The van der Waals surface area contributed by atoms with Crippen LogP contribution in [-0.4, -0.2) is 38.6 Å². The van der Waals surface area contributed by atoms with Crippen molar-refractivity contribution in [1.82, 2.24) is 10.2 Å². The van der Waals surface area contributed by atoms with Crippen molar-refractivity contribution in [1.29, 1.82) is 0 Å². The van der Waals surface area contributed by atoms with Crippen LogP contribution in [-0.2, 0) is 0 Å². The minimum atomic E-state index is 0.759. The topological polar surface area (TPSA) is 15.3 Å². The fourth-order valence-electron chi connectivity index (χ4n) is 2.38. The predicted octanol–water partition coefficient (Wildman–Crippen LogP) is 3.52. The second-order valence-corrected chi connectivity index (χ2v) is 5.55. The maximum absolute atomic E-state index is 3.24. The van der Waals surface area contributed by atoms with Gasteiger partial charge in [-0.25, -0.2) is 0 Å². The van der Waals surface area contributed by atoms with E-state index in [2.05, 4.69) is 31.1 Å². The summed E-state index contributed by atoms with van der Waals surface area (Å²) in [4.78, 5) is 2.48. The van der Waals surface area contributed by atoms with Crippen molar-refractivity contribution in [2.45, 2.75) is 58.8 Å². The first kappa shape index (κ1) is 16.9. The molecule has 0 saturated carbocycles. The molecular formula is C15H34N2. The van der Waals surface area contributed by atoms with Gasteiger partial charge in [0.15, 0.2) is 0 Å². The maximum Gasteiger partial charge on any atom is 0.00161 e. The van der Waals surface area contributed by atoms with Gasteiger partial charge < -0.3 is 10.2 Å². The molecule has 17 heavy (non-hydrogen) atoms. The monoisotopic (exact) mass is 242 g/mol. The Morgan fingerprint density at radius 3 is 2.18 bits per heavy atom. The van der Waals surface area contributed by atoms with Crippen LogP contribution >= 0.6 is 0 Å². The number of hydrogen-bond acceptors (Lipinski definition) is 2. The molecule has 0 aliphatic carbocycles. The second-order valence-electron chi connectivity index (χ2n) is 5.55. The zero-order valence-electron chi connectivity index (χ0n) is 12.6. The second kappa shape index (κ2) is 12.4. The molecular weight excluding hydrogens is 208 g/mol. The van der Waals surface area contributed by atoms with E-state index in [0.29, 0.717) is 0 Å². The van der Waals surface area contributed by atoms with Crippen LogP contribution in [0, 0.1) is 5.92 Å². The summed E-state index contributed by atoms with van der Waals surface area (Å²) >= 11 is 0. The van der Waals surface area contributed by atoms with Crippen molar-refractivity contribution in [3.8, 4) is 0 Å². The minimum absolute atomic E-state index is 0.759. The van der Waals surface area contributed by atoms with Gasteiger partial charge in [-0.15, -0.1) is 0 Å². The Bertz CT molecular complexity index is 148. The minimum Gasteiger partial charge on any atom is -0.319 e. The van der Waals surface area contributed by atoms with Gasteiger partial charge in [0.1, 0.15) is 0 Å². The van der Waals surface area contributed by atoms with Crippen LogP contribution in [0.25, 0.3) is 0 Å². The van der Waals surface area contributed by atoms with E-state index >= 15 is 0 Å². The summed E-state index contributed by atoms with van der Waals surface area (Å²) in [5, 5.41) is 3.24. The number of unbranched alkanes of at least 4 members (excludes halogenated alkanes) is 6. The van der Waals surface area contributed by atoms with Crippen LogP contribution in [0.5, 0.6) is 0 Å². The third-order valence-corrected chi connectivity index (χ3v) is 3.32. The lowest BCUT2D eigenvalue weighted by atomic mass is 10.1. The maximum atomic E-state index is 3.24. The highest BCUT2D eigenvalue weighted by Gasteiger charge is 2.04. The van der Waals surface area contributed by atoms with Crippen molar-refractivity contribution in [3.05, 3.63) is 0 Å². The first-order valence-electron chi connectivity index (χ1n) is 7.53. The van der Waals surface area contributed by atoms with Crippen LogP contribution in [0.4, 0.5) is 0 Å². The van der Waals surface area contributed by atoms with E-state index in [9.17, 15) is 0 Å². The molecule has 0 amide bonds. The molecule has 1 unspecified atom stereocenters. The number of hydrogen-bond donors (Lipinski definition) is 1. The van der Waals surface area contributed by atoms with Gasteiger partial charge in [-0.05, 0) is 39.5 Å². The van der Waals surface area contributed by atoms with Crippen molar-refractivity contribution in [2.75, 3.05) is 33.7 Å². The number of nitrogens with one attached hydrogen (secondary N) is 1. The van der Waals surface area contributed by atoms with E-state index in [1.54, 1.807) is 0 Å². The molecule has 0 aliphatic rings. The lowest BCUT2D eigenvalue weighted by Crippen LogP contribution is -2.30. The standard InChI is InChI=1S/C15H34N2/c1-5-6-7-8-9-10-11-12-17(4)14-15(2)13-16-3/h15-16H,5-14H2,1-4H3. The van der Waals surface area contributed by atoms with Crippen LogP contribution in [0.15, 0.2) is 0 Å². The fourth-order valence-corrected chi connectivity index (χ4v) is 2.38. The lowest BCUT2D eigenvalue weighted by Gasteiger charge is -2.21. The summed E-state index contributed by atoms with van der Waals surface area (Å²) in [6, 6.07) is 0. The zero-order chi connectivity index (χ0) is 12.9. The average molecular weight is 242 g/mol. The average Bonchev–Trinajstić information content (AvgIpc) is 2.28. The van der Waals surface area contributed by atoms with E-state index in [1.165, 1.54) is 58.0 Å². The molecule has 2 heteroatoms. The smallest absolute Gasteiger partial charge is 0.00161 e. The Morgan fingerprint density at radius 1 is 1.00 bits per heavy atom. The molecule has 2 nitrogen and oxygen atoms in total. The molecule has 0 fully saturated rings. The van der Waals surface area contributed by atoms with Gasteiger partial charge in [0, 0.05) is 6.54 Å². The van der Waals surface area contributed by atoms with E-state index in [0.717, 1.165) is 12.5 Å². The molecule has 0 aromatic rings. The summed E-state index contributed by atoms with van der Waals surface area (Å²) in [5.41, 5.74) is 0. The number of nitrogens with zero attached hydrogens (tertiary/aromatic N) is 1. The van der Waals surface area contributed by atoms with Crippen molar-refractivity contribution >= 4 is 0 Å². The molecule has 0 spiro atoms. The fraction of sp³-hybridized carbons (Fsp3) is 1.00. The summed E-state index contributed by atoms with van der Waals surface area (Å²) in [7, 11) is 4.29. The van der Waals surface area contributed by atoms with Crippen LogP contribution in [0.1, 0.15) is 58.8 Å². The molecule has 0 aromatic heterocycles. The van der Waals surface area contributed by atoms with E-state index < -0.39 is 0 Å². The molecule has 0 aromatic carbocycles. The summed E-state index contributed by atoms with van der Waals surface area (Å²) in [5.74, 6) is 0.759. The van der Waals surface area contributed by atoms with Crippen LogP contribution in [0.2, 0.25) is 0 Å². The van der Waals surface area contributed by atoms with Gasteiger partial charge >= 0.3 is 0 Å². The Balaban J connectivity index is 3.24. The SMILES string of the molecule is CCCCCCCCCN(C)CC(C)CNC.